The second kappa shape index (κ2) is 10.8. The molecule has 3 aromatic heterocycles. The molecular formula is C28H25F3N6O. The van der Waals surface area contributed by atoms with Crippen molar-refractivity contribution in [3.8, 4) is 34.3 Å². The molecule has 0 saturated carbocycles. The minimum absolute atomic E-state index is 0.0355. The van der Waals surface area contributed by atoms with Crippen molar-refractivity contribution in [1.82, 2.24) is 19.9 Å². The average Bonchev–Trinajstić information content (AvgIpc) is 2.91. The molecule has 38 heavy (non-hydrogen) atoms. The van der Waals surface area contributed by atoms with E-state index in [4.69, 9.17) is 10.5 Å². The van der Waals surface area contributed by atoms with Crippen LogP contribution in [0, 0.1) is 24.1 Å². The van der Waals surface area contributed by atoms with Crippen molar-refractivity contribution in [3.63, 3.8) is 0 Å². The van der Waals surface area contributed by atoms with E-state index in [1.54, 1.807) is 31.2 Å². The Kier molecular flexibility index (Phi) is 7.57. The number of aromatic nitrogens is 4. The molecule has 0 saturated heterocycles. The van der Waals surface area contributed by atoms with Gasteiger partial charge in [-0.3, -0.25) is 9.97 Å². The van der Waals surface area contributed by atoms with Gasteiger partial charge in [-0.25, -0.2) is 18.2 Å². The summed E-state index contributed by atoms with van der Waals surface area (Å²) in [6.45, 7) is 5.27. The van der Waals surface area contributed by atoms with Crippen LogP contribution < -0.4 is 10.5 Å². The van der Waals surface area contributed by atoms with Gasteiger partial charge in [0.2, 0.25) is 11.8 Å². The number of rotatable bonds is 8. The summed E-state index contributed by atoms with van der Waals surface area (Å²) in [4.78, 5) is 17.1. The largest absolute Gasteiger partial charge is 0.471 e. The Labute approximate surface area is 218 Å². The monoisotopic (exact) mass is 518 g/mol. The van der Waals surface area contributed by atoms with Crippen molar-refractivity contribution in [3.05, 3.63) is 83.2 Å². The number of pyridine rings is 2. The number of halogens is 3. The van der Waals surface area contributed by atoms with Crippen molar-refractivity contribution in [2.45, 2.75) is 45.6 Å². The molecule has 0 aliphatic rings. The number of ether oxygens (including phenoxy) is 1. The third-order valence-corrected chi connectivity index (χ3v) is 6.18. The van der Waals surface area contributed by atoms with Gasteiger partial charge in [-0.1, -0.05) is 13.0 Å². The van der Waals surface area contributed by atoms with E-state index in [-0.39, 0.29) is 24.1 Å². The molecule has 0 amide bonds. The summed E-state index contributed by atoms with van der Waals surface area (Å²) in [6.07, 6.45) is -2.23. The van der Waals surface area contributed by atoms with Gasteiger partial charge in [0.05, 0.1) is 34.1 Å². The fourth-order valence-corrected chi connectivity index (χ4v) is 3.92. The van der Waals surface area contributed by atoms with E-state index in [2.05, 4.69) is 26.0 Å². The number of nitrogens with zero attached hydrogens (tertiary/aromatic N) is 5. The number of anilines is 1. The summed E-state index contributed by atoms with van der Waals surface area (Å²) < 4.78 is 47.0. The first kappa shape index (κ1) is 26.5. The lowest BCUT2D eigenvalue weighted by molar-refractivity contribution is 0.146. The maximum Gasteiger partial charge on any atom is 0.280 e. The van der Waals surface area contributed by atoms with E-state index in [0.29, 0.717) is 40.2 Å². The first-order valence-electron chi connectivity index (χ1n) is 11.8. The number of nitrogens with two attached hydrogens (primary N) is 1. The fourth-order valence-electron chi connectivity index (χ4n) is 3.92. The zero-order valence-corrected chi connectivity index (χ0v) is 21.0. The molecule has 4 rings (SSSR count). The van der Waals surface area contributed by atoms with Crippen LogP contribution in [0.3, 0.4) is 0 Å². The van der Waals surface area contributed by atoms with Crippen molar-refractivity contribution >= 4 is 5.95 Å². The molecule has 1 unspecified atom stereocenters. The minimum Gasteiger partial charge on any atom is -0.471 e. The Morgan fingerprint density at radius 2 is 1.76 bits per heavy atom. The second-order valence-electron chi connectivity index (χ2n) is 8.94. The molecule has 0 fully saturated rings. The lowest BCUT2D eigenvalue weighted by atomic mass is 9.85. The van der Waals surface area contributed by atoms with Crippen LogP contribution in [-0.4, -0.2) is 19.9 Å². The standard InChI is InChI=1S/C28H25F3N6O/c1-4-28(3,15-32)22-7-5-6-20(35-22)14-38-26-23(18-12-16(2)34-21(13-18)25(30)31)24(36-27(33)37-26)17-8-10-19(29)11-9-17/h5-13,25H,4,14H2,1-3H3,(H2,33,36,37). The molecule has 10 heteroatoms. The molecule has 7 nitrogen and oxygen atoms in total. The topological polar surface area (TPSA) is 111 Å². The van der Waals surface area contributed by atoms with E-state index < -0.39 is 23.4 Å². The van der Waals surface area contributed by atoms with Crippen molar-refractivity contribution < 1.29 is 17.9 Å². The molecule has 4 aromatic rings. The van der Waals surface area contributed by atoms with Crippen molar-refractivity contribution in [2.75, 3.05) is 5.73 Å². The summed E-state index contributed by atoms with van der Waals surface area (Å²) in [6, 6.07) is 16.0. The zero-order chi connectivity index (χ0) is 27.4. The fraction of sp³-hybridized carbons (Fsp3) is 0.250. The maximum absolute atomic E-state index is 13.7. The van der Waals surface area contributed by atoms with Gasteiger partial charge in [0, 0.05) is 11.3 Å². The van der Waals surface area contributed by atoms with Gasteiger partial charge in [0.15, 0.2) is 0 Å². The molecule has 0 aliphatic heterocycles. The van der Waals surface area contributed by atoms with Crippen LogP contribution in [0.4, 0.5) is 19.1 Å². The first-order chi connectivity index (χ1) is 18.1. The highest BCUT2D eigenvalue weighted by Gasteiger charge is 2.26. The minimum atomic E-state index is -2.80. The first-order valence-corrected chi connectivity index (χ1v) is 11.8. The zero-order valence-electron chi connectivity index (χ0n) is 21.0. The van der Waals surface area contributed by atoms with Gasteiger partial charge in [0.1, 0.15) is 18.1 Å². The van der Waals surface area contributed by atoms with Crippen LogP contribution in [0.5, 0.6) is 5.88 Å². The normalized spacial score (nSPS) is 12.7. The summed E-state index contributed by atoms with van der Waals surface area (Å²) in [7, 11) is 0. The van der Waals surface area contributed by atoms with Gasteiger partial charge in [0.25, 0.3) is 6.43 Å². The van der Waals surface area contributed by atoms with Crippen LogP contribution in [0.25, 0.3) is 22.4 Å². The Morgan fingerprint density at radius 1 is 1.03 bits per heavy atom. The molecule has 0 aliphatic carbocycles. The number of benzene rings is 1. The second-order valence-corrected chi connectivity index (χ2v) is 8.94. The number of aryl methyl sites for hydroxylation is 1. The van der Waals surface area contributed by atoms with Crippen molar-refractivity contribution in [1.29, 1.82) is 5.26 Å². The van der Waals surface area contributed by atoms with Gasteiger partial charge in [-0.2, -0.15) is 10.2 Å². The van der Waals surface area contributed by atoms with Gasteiger partial charge in [-0.15, -0.1) is 0 Å². The highest BCUT2D eigenvalue weighted by Crippen LogP contribution is 2.39. The molecular weight excluding hydrogens is 493 g/mol. The van der Waals surface area contributed by atoms with Crippen LogP contribution >= 0.6 is 0 Å². The molecule has 1 aromatic carbocycles. The van der Waals surface area contributed by atoms with Crippen LogP contribution in [0.2, 0.25) is 0 Å². The Morgan fingerprint density at radius 3 is 2.42 bits per heavy atom. The van der Waals surface area contributed by atoms with Crippen LogP contribution in [0.15, 0.2) is 54.6 Å². The number of hydrogen-bond acceptors (Lipinski definition) is 7. The summed E-state index contributed by atoms with van der Waals surface area (Å²) in [5, 5.41) is 9.64. The van der Waals surface area contributed by atoms with E-state index in [0.717, 1.165) is 0 Å². The molecule has 0 bridgehead atoms. The van der Waals surface area contributed by atoms with Gasteiger partial charge < -0.3 is 10.5 Å². The number of nitrogen functional groups attached to an aromatic ring is 1. The third kappa shape index (κ3) is 5.57. The summed E-state index contributed by atoms with van der Waals surface area (Å²) in [5.74, 6) is -0.531. The quantitative estimate of drug-likeness (QED) is 0.290. The number of hydrogen-bond donors (Lipinski definition) is 1. The molecule has 1 atom stereocenters. The Hall–Kier alpha value is -4.52. The smallest absolute Gasteiger partial charge is 0.280 e. The molecule has 2 N–H and O–H groups in total. The summed E-state index contributed by atoms with van der Waals surface area (Å²) >= 11 is 0. The van der Waals surface area contributed by atoms with Gasteiger partial charge in [-0.05, 0) is 74.4 Å². The van der Waals surface area contributed by atoms with Crippen molar-refractivity contribution in [2.24, 2.45) is 0 Å². The van der Waals surface area contributed by atoms with Gasteiger partial charge >= 0.3 is 0 Å². The molecule has 3 heterocycles. The lowest BCUT2D eigenvalue weighted by Gasteiger charge is -2.20. The van der Waals surface area contributed by atoms with E-state index in [9.17, 15) is 18.4 Å². The van der Waals surface area contributed by atoms with E-state index in [1.807, 2.05) is 13.8 Å². The molecule has 0 spiro atoms. The van der Waals surface area contributed by atoms with E-state index >= 15 is 0 Å². The van der Waals surface area contributed by atoms with Crippen LogP contribution in [0.1, 0.15) is 49.5 Å². The lowest BCUT2D eigenvalue weighted by Crippen LogP contribution is -2.20. The average molecular weight is 519 g/mol. The SMILES string of the molecule is CCC(C)(C#N)c1cccc(COc2nc(N)nc(-c3ccc(F)cc3)c2-c2cc(C)nc(C(F)F)c2)n1. The van der Waals surface area contributed by atoms with Crippen LogP contribution in [-0.2, 0) is 12.0 Å². The predicted octanol–water partition coefficient (Wildman–Crippen LogP) is 6.34. The highest BCUT2D eigenvalue weighted by atomic mass is 19.3. The number of alkyl halides is 2. The third-order valence-electron chi connectivity index (χ3n) is 6.18. The molecule has 0 radical (unpaired) electrons. The predicted molar refractivity (Wildman–Crippen MR) is 137 cm³/mol. The van der Waals surface area contributed by atoms with E-state index in [1.165, 1.54) is 30.3 Å². The molecule has 194 valence electrons. The Bertz CT molecular complexity index is 1500. The maximum atomic E-state index is 13.7. The summed E-state index contributed by atoms with van der Waals surface area (Å²) in [5.41, 5.74) is 7.71. The Balaban J connectivity index is 1.84. The number of nitriles is 1. The highest BCUT2D eigenvalue weighted by molar-refractivity contribution is 5.85.